The Morgan fingerprint density at radius 1 is 1.14 bits per heavy atom. The second-order valence-electron chi connectivity index (χ2n) is 10.0. The van der Waals surface area contributed by atoms with Gasteiger partial charge in [0.25, 0.3) is 5.91 Å². The molecule has 0 saturated heterocycles. The SMILES string of the molecule is CCN(CC)C(=O)c1csc(COc2ccc3c(c2)C(c2ccc(C)cc2)N(C(=O)CC(C)C)CC3)n1. The molecule has 0 spiro atoms. The standard InChI is InChI=1S/C30H37N3O3S/c1-6-32(7-2)30(35)26-19-37-27(31-26)18-36-24-13-12-22-14-15-33(28(34)16-20(3)4)29(25(22)17-24)23-10-8-21(5)9-11-23/h8-13,17,19-20,29H,6-7,14-16,18H2,1-5H3. The van der Waals surface area contributed by atoms with Crippen molar-refractivity contribution in [3.8, 4) is 5.75 Å². The van der Waals surface area contributed by atoms with Crippen molar-refractivity contribution in [3.05, 3.63) is 80.8 Å². The van der Waals surface area contributed by atoms with Crippen LogP contribution in [0.4, 0.5) is 0 Å². The zero-order chi connectivity index (χ0) is 26.5. The van der Waals surface area contributed by atoms with E-state index in [-0.39, 0.29) is 17.9 Å². The van der Waals surface area contributed by atoms with Crippen molar-refractivity contribution in [3.63, 3.8) is 0 Å². The molecular weight excluding hydrogens is 482 g/mol. The largest absolute Gasteiger partial charge is 0.486 e. The number of rotatable bonds is 9. The molecule has 196 valence electrons. The molecule has 2 aromatic carbocycles. The average molecular weight is 520 g/mol. The summed E-state index contributed by atoms with van der Waals surface area (Å²) in [7, 11) is 0. The highest BCUT2D eigenvalue weighted by atomic mass is 32.1. The first-order valence-corrected chi connectivity index (χ1v) is 14.0. The number of aryl methyl sites for hydroxylation is 1. The monoisotopic (exact) mass is 519 g/mol. The minimum atomic E-state index is -0.141. The normalized spacial score (nSPS) is 15.0. The van der Waals surface area contributed by atoms with Gasteiger partial charge in [0.2, 0.25) is 5.91 Å². The van der Waals surface area contributed by atoms with E-state index in [2.05, 4.69) is 62.2 Å². The Bertz CT molecular complexity index is 1230. The molecule has 0 aliphatic carbocycles. The Balaban J connectivity index is 1.57. The fraction of sp³-hybridized carbons (Fsp3) is 0.433. The van der Waals surface area contributed by atoms with E-state index in [1.807, 2.05) is 24.8 Å². The Morgan fingerprint density at radius 3 is 2.54 bits per heavy atom. The first kappa shape index (κ1) is 26.9. The Labute approximate surface area is 224 Å². The van der Waals surface area contributed by atoms with Crippen molar-refractivity contribution < 1.29 is 14.3 Å². The summed E-state index contributed by atoms with van der Waals surface area (Å²) >= 11 is 1.44. The van der Waals surface area contributed by atoms with Gasteiger partial charge in [0, 0.05) is 31.4 Å². The van der Waals surface area contributed by atoms with Gasteiger partial charge in [-0.05, 0) is 61.9 Å². The van der Waals surface area contributed by atoms with E-state index in [0.717, 1.165) is 28.3 Å². The average Bonchev–Trinajstić information content (AvgIpc) is 3.36. The third-order valence-electron chi connectivity index (χ3n) is 6.83. The zero-order valence-corrected chi connectivity index (χ0v) is 23.3. The summed E-state index contributed by atoms with van der Waals surface area (Å²) in [4.78, 5) is 34.2. The van der Waals surface area contributed by atoms with Crippen LogP contribution in [0.15, 0.2) is 47.8 Å². The first-order chi connectivity index (χ1) is 17.8. The van der Waals surface area contributed by atoms with Crippen LogP contribution in [-0.2, 0) is 17.8 Å². The third kappa shape index (κ3) is 6.21. The van der Waals surface area contributed by atoms with Gasteiger partial charge in [-0.3, -0.25) is 9.59 Å². The van der Waals surface area contributed by atoms with E-state index in [1.165, 1.54) is 22.5 Å². The Hall–Kier alpha value is -3.19. The van der Waals surface area contributed by atoms with Crippen molar-refractivity contribution >= 4 is 23.2 Å². The summed E-state index contributed by atoms with van der Waals surface area (Å²) in [6.07, 6.45) is 1.36. The molecule has 4 rings (SSSR count). The minimum absolute atomic E-state index is 0.0478. The van der Waals surface area contributed by atoms with Crippen LogP contribution >= 0.6 is 11.3 Å². The quantitative estimate of drug-likeness (QED) is 0.346. The molecule has 0 saturated carbocycles. The Kier molecular flexibility index (Phi) is 8.64. The molecule has 0 radical (unpaired) electrons. The lowest BCUT2D eigenvalue weighted by Gasteiger charge is -2.38. The molecule has 1 atom stereocenters. The van der Waals surface area contributed by atoms with Gasteiger partial charge in [-0.15, -0.1) is 11.3 Å². The molecule has 7 heteroatoms. The summed E-state index contributed by atoms with van der Waals surface area (Å²) in [5, 5.41) is 2.56. The highest BCUT2D eigenvalue weighted by molar-refractivity contribution is 7.09. The van der Waals surface area contributed by atoms with Crippen LogP contribution < -0.4 is 4.74 Å². The molecule has 0 bridgehead atoms. The highest BCUT2D eigenvalue weighted by Gasteiger charge is 2.32. The maximum atomic E-state index is 13.3. The molecule has 1 unspecified atom stereocenters. The lowest BCUT2D eigenvalue weighted by atomic mass is 9.87. The number of hydrogen-bond acceptors (Lipinski definition) is 5. The van der Waals surface area contributed by atoms with Gasteiger partial charge in [0.15, 0.2) is 0 Å². The van der Waals surface area contributed by atoms with Gasteiger partial charge < -0.3 is 14.5 Å². The van der Waals surface area contributed by atoms with Gasteiger partial charge in [0.05, 0.1) is 6.04 Å². The molecule has 0 fully saturated rings. The number of hydrogen-bond donors (Lipinski definition) is 0. The Morgan fingerprint density at radius 2 is 1.86 bits per heavy atom. The molecule has 37 heavy (non-hydrogen) atoms. The second kappa shape index (κ2) is 11.9. The van der Waals surface area contributed by atoms with Crippen molar-refractivity contribution in [2.24, 2.45) is 5.92 Å². The molecule has 6 nitrogen and oxygen atoms in total. The second-order valence-corrected chi connectivity index (χ2v) is 10.9. The molecule has 2 heterocycles. The van der Waals surface area contributed by atoms with Crippen LogP contribution in [0.5, 0.6) is 5.75 Å². The number of amides is 2. The van der Waals surface area contributed by atoms with Gasteiger partial charge in [0.1, 0.15) is 23.1 Å². The highest BCUT2D eigenvalue weighted by Crippen LogP contribution is 2.38. The van der Waals surface area contributed by atoms with E-state index < -0.39 is 0 Å². The molecular formula is C30H37N3O3S. The number of thiazole rings is 1. The van der Waals surface area contributed by atoms with E-state index in [9.17, 15) is 9.59 Å². The number of aromatic nitrogens is 1. The van der Waals surface area contributed by atoms with Crippen LogP contribution in [0.25, 0.3) is 0 Å². The van der Waals surface area contributed by atoms with E-state index >= 15 is 0 Å². The summed E-state index contributed by atoms with van der Waals surface area (Å²) in [6, 6.07) is 14.5. The number of carbonyl (C=O) groups is 2. The third-order valence-corrected chi connectivity index (χ3v) is 7.65. The fourth-order valence-electron chi connectivity index (χ4n) is 4.82. The minimum Gasteiger partial charge on any atom is -0.486 e. The first-order valence-electron chi connectivity index (χ1n) is 13.2. The summed E-state index contributed by atoms with van der Waals surface area (Å²) < 4.78 is 6.15. The lowest BCUT2D eigenvalue weighted by molar-refractivity contribution is -0.134. The predicted octanol–water partition coefficient (Wildman–Crippen LogP) is 6.03. The maximum absolute atomic E-state index is 13.3. The van der Waals surface area contributed by atoms with Crippen LogP contribution in [0, 0.1) is 12.8 Å². The molecule has 0 N–H and O–H groups in total. The maximum Gasteiger partial charge on any atom is 0.273 e. The fourth-order valence-corrected chi connectivity index (χ4v) is 5.50. The lowest BCUT2D eigenvalue weighted by Crippen LogP contribution is -2.41. The van der Waals surface area contributed by atoms with E-state index in [0.29, 0.717) is 44.3 Å². The number of fused-ring (bicyclic) bond motifs is 1. The van der Waals surface area contributed by atoms with Gasteiger partial charge in [-0.2, -0.15) is 0 Å². The molecule has 1 aliphatic rings. The van der Waals surface area contributed by atoms with Gasteiger partial charge >= 0.3 is 0 Å². The number of nitrogens with zero attached hydrogens (tertiary/aromatic N) is 3. The van der Waals surface area contributed by atoms with Crippen LogP contribution in [-0.4, -0.2) is 46.2 Å². The number of carbonyl (C=O) groups excluding carboxylic acids is 2. The van der Waals surface area contributed by atoms with Crippen molar-refractivity contribution in [1.82, 2.24) is 14.8 Å². The van der Waals surface area contributed by atoms with Crippen molar-refractivity contribution in [2.45, 2.75) is 60.1 Å². The molecule has 1 aliphatic heterocycles. The predicted molar refractivity (Wildman–Crippen MR) is 148 cm³/mol. The van der Waals surface area contributed by atoms with Gasteiger partial charge in [-0.25, -0.2) is 4.98 Å². The van der Waals surface area contributed by atoms with E-state index in [4.69, 9.17) is 4.74 Å². The van der Waals surface area contributed by atoms with Crippen LogP contribution in [0.3, 0.4) is 0 Å². The van der Waals surface area contributed by atoms with E-state index in [1.54, 1.807) is 10.3 Å². The number of benzene rings is 2. The topological polar surface area (TPSA) is 62.7 Å². The van der Waals surface area contributed by atoms with Gasteiger partial charge in [-0.1, -0.05) is 49.7 Å². The summed E-state index contributed by atoms with van der Waals surface area (Å²) in [6.45, 7) is 12.5. The van der Waals surface area contributed by atoms with Crippen molar-refractivity contribution in [2.75, 3.05) is 19.6 Å². The van der Waals surface area contributed by atoms with Crippen molar-refractivity contribution in [1.29, 1.82) is 0 Å². The summed E-state index contributed by atoms with van der Waals surface area (Å²) in [5.41, 5.74) is 5.13. The molecule has 2 amide bonds. The van der Waals surface area contributed by atoms with Crippen LogP contribution in [0.2, 0.25) is 0 Å². The summed E-state index contributed by atoms with van der Waals surface area (Å²) in [5.74, 6) is 1.18. The number of ether oxygens (including phenoxy) is 1. The van der Waals surface area contributed by atoms with Crippen LogP contribution in [0.1, 0.15) is 77.9 Å². The molecule has 1 aromatic heterocycles. The smallest absolute Gasteiger partial charge is 0.273 e. The molecule has 3 aromatic rings. The zero-order valence-electron chi connectivity index (χ0n) is 22.5.